The van der Waals surface area contributed by atoms with Crippen LogP contribution >= 0.6 is 0 Å². The van der Waals surface area contributed by atoms with Crippen LogP contribution in [0.15, 0.2) is 0 Å². The molecule has 2 saturated carbocycles. The summed E-state index contributed by atoms with van der Waals surface area (Å²) in [7, 11) is 0. The summed E-state index contributed by atoms with van der Waals surface area (Å²) in [6, 6.07) is 0.336. The Morgan fingerprint density at radius 1 is 0.850 bits per heavy atom. The van der Waals surface area contributed by atoms with E-state index in [0.717, 1.165) is 51.5 Å². The number of rotatable bonds is 2. The van der Waals surface area contributed by atoms with Gasteiger partial charge in [0.15, 0.2) is 0 Å². The van der Waals surface area contributed by atoms with Gasteiger partial charge < -0.3 is 10.0 Å². The molecule has 3 aliphatic rings. The molecule has 3 atom stereocenters. The minimum atomic E-state index is -0.164. The first-order valence-corrected chi connectivity index (χ1v) is 8.76. The molecule has 0 aromatic carbocycles. The molecule has 1 amide bonds. The van der Waals surface area contributed by atoms with Gasteiger partial charge in [0.1, 0.15) is 0 Å². The largest absolute Gasteiger partial charge is 0.393 e. The standard InChI is InChI=1S/C17H29NO2/c19-16-11-5-9-14(16)15-10-6-12-18(15)17(20)13-7-3-1-2-4-8-13/h13-16,19H,1-12H2. The lowest BCUT2D eigenvalue weighted by Gasteiger charge is -2.33. The lowest BCUT2D eigenvalue weighted by Crippen LogP contribution is -2.45. The Balaban J connectivity index is 1.66. The van der Waals surface area contributed by atoms with Crippen LogP contribution in [0, 0.1) is 11.8 Å². The van der Waals surface area contributed by atoms with Crippen LogP contribution in [0.5, 0.6) is 0 Å². The Morgan fingerprint density at radius 3 is 2.25 bits per heavy atom. The van der Waals surface area contributed by atoms with E-state index in [2.05, 4.69) is 4.90 Å². The van der Waals surface area contributed by atoms with Crippen LogP contribution in [0.3, 0.4) is 0 Å². The van der Waals surface area contributed by atoms with E-state index < -0.39 is 0 Å². The van der Waals surface area contributed by atoms with Gasteiger partial charge in [-0.05, 0) is 38.5 Å². The first-order chi connectivity index (χ1) is 9.77. The molecule has 0 spiro atoms. The minimum Gasteiger partial charge on any atom is -0.393 e. The number of aliphatic hydroxyl groups excluding tert-OH is 1. The van der Waals surface area contributed by atoms with E-state index in [1.807, 2.05) is 0 Å². The Bertz CT molecular complexity index is 336. The summed E-state index contributed by atoms with van der Waals surface area (Å²) < 4.78 is 0. The van der Waals surface area contributed by atoms with Gasteiger partial charge in [-0.2, -0.15) is 0 Å². The third-order valence-corrected chi connectivity index (χ3v) is 5.81. The van der Waals surface area contributed by atoms with Gasteiger partial charge in [0, 0.05) is 24.4 Å². The number of nitrogens with zero attached hydrogens (tertiary/aromatic N) is 1. The molecule has 3 unspecified atom stereocenters. The van der Waals surface area contributed by atoms with Crippen LogP contribution in [0.1, 0.15) is 70.6 Å². The van der Waals surface area contributed by atoms with Crippen molar-refractivity contribution in [1.82, 2.24) is 4.90 Å². The van der Waals surface area contributed by atoms with Gasteiger partial charge in [0.05, 0.1) is 6.10 Å². The van der Waals surface area contributed by atoms with Gasteiger partial charge in [0.2, 0.25) is 5.91 Å². The average molecular weight is 279 g/mol. The van der Waals surface area contributed by atoms with Crippen LogP contribution in [-0.2, 0) is 4.79 Å². The zero-order chi connectivity index (χ0) is 13.9. The van der Waals surface area contributed by atoms with Crippen molar-refractivity contribution < 1.29 is 9.90 Å². The molecular weight excluding hydrogens is 250 g/mol. The quantitative estimate of drug-likeness (QED) is 0.789. The van der Waals surface area contributed by atoms with Crippen LogP contribution in [0.4, 0.5) is 0 Å². The van der Waals surface area contributed by atoms with E-state index in [1.165, 1.54) is 25.7 Å². The number of amides is 1. The van der Waals surface area contributed by atoms with Gasteiger partial charge in [0.25, 0.3) is 0 Å². The zero-order valence-electron chi connectivity index (χ0n) is 12.6. The van der Waals surface area contributed by atoms with Crippen molar-refractivity contribution in [1.29, 1.82) is 0 Å². The fourth-order valence-electron chi connectivity index (χ4n) is 4.69. The maximum Gasteiger partial charge on any atom is 0.225 e. The van der Waals surface area contributed by atoms with Gasteiger partial charge in [-0.1, -0.05) is 32.1 Å². The normalized spacial score (nSPS) is 36.2. The number of likely N-dealkylation sites (tertiary alicyclic amines) is 1. The molecule has 0 radical (unpaired) electrons. The average Bonchev–Trinajstić information content (AvgIpc) is 2.99. The van der Waals surface area contributed by atoms with Crippen molar-refractivity contribution >= 4 is 5.91 Å². The van der Waals surface area contributed by atoms with Crippen molar-refractivity contribution in [3.63, 3.8) is 0 Å². The Hall–Kier alpha value is -0.570. The van der Waals surface area contributed by atoms with Crippen LogP contribution in [-0.4, -0.2) is 34.6 Å². The maximum absolute atomic E-state index is 12.9. The summed E-state index contributed by atoms with van der Waals surface area (Å²) in [4.78, 5) is 15.0. The van der Waals surface area contributed by atoms with Crippen molar-refractivity contribution in [2.75, 3.05) is 6.54 Å². The lowest BCUT2D eigenvalue weighted by atomic mass is 9.92. The lowest BCUT2D eigenvalue weighted by molar-refractivity contribution is -0.138. The van der Waals surface area contributed by atoms with E-state index in [-0.39, 0.29) is 12.0 Å². The SMILES string of the molecule is O=C(C1CCCCCC1)N1CCCC1C1CCCC1O. The molecule has 1 aliphatic heterocycles. The van der Waals surface area contributed by atoms with Gasteiger partial charge in [-0.15, -0.1) is 0 Å². The molecular formula is C17H29NO2. The van der Waals surface area contributed by atoms with Crippen molar-refractivity contribution in [3.05, 3.63) is 0 Å². The minimum absolute atomic E-state index is 0.164. The maximum atomic E-state index is 12.9. The third kappa shape index (κ3) is 2.88. The van der Waals surface area contributed by atoms with E-state index in [9.17, 15) is 9.90 Å². The van der Waals surface area contributed by atoms with Crippen molar-refractivity contribution in [2.45, 2.75) is 82.8 Å². The second-order valence-electron chi connectivity index (χ2n) is 7.09. The highest BCUT2D eigenvalue weighted by atomic mass is 16.3. The number of aliphatic hydroxyl groups is 1. The van der Waals surface area contributed by atoms with Crippen LogP contribution in [0.25, 0.3) is 0 Å². The van der Waals surface area contributed by atoms with Crippen molar-refractivity contribution in [3.8, 4) is 0 Å². The first-order valence-electron chi connectivity index (χ1n) is 8.76. The monoisotopic (exact) mass is 279 g/mol. The predicted octanol–water partition coefficient (Wildman–Crippen LogP) is 3.11. The molecule has 1 saturated heterocycles. The molecule has 1 N–H and O–H groups in total. The van der Waals surface area contributed by atoms with E-state index >= 15 is 0 Å². The molecule has 2 aliphatic carbocycles. The molecule has 20 heavy (non-hydrogen) atoms. The highest BCUT2D eigenvalue weighted by Crippen LogP contribution is 2.37. The van der Waals surface area contributed by atoms with Crippen molar-refractivity contribution in [2.24, 2.45) is 11.8 Å². The van der Waals surface area contributed by atoms with Gasteiger partial charge in [-0.3, -0.25) is 4.79 Å². The molecule has 1 heterocycles. The fourth-order valence-corrected chi connectivity index (χ4v) is 4.69. The second kappa shape index (κ2) is 6.46. The number of hydrogen-bond acceptors (Lipinski definition) is 2. The first kappa shape index (κ1) is 14.4. The molecule has 3 heteroatoms. The van der Waals surface area contributed by atoms with Gasteiger partial charge in [-0.25, -0.2) is 0 Å². The smallest absolute Gasteiger partial charge is 0.225 e. The number of hydrogen-bond donors (Lipinski definition) is 1. The zero-order valence-corrected chi connectivity index (χ0v) is 12.6. The molecule has 3 fully saturated rings. The summed E-state index contributed by atoms with van der Waals surface area (Å²) in [5.74, 6) is 1.04. The fraction of sp³-hybridized carbons (Fsp3) is 0.941. The summed E-state index contributed by atoms with van der Waals surface area (Å²) in [6.45, 7) is 0.934. The highest BCUT2D eigenvalue weighted by molar-refractivity contribution is 5.79. The van der Waals surface area contributed by atoms with E-state index in [1.54, 1.807) is 0 Å². The van der Waals surface area contributed by atoms with Crippen LogP contribution < -0.4 is 0 Å². The summed E-state index contributed by atoms with van der Waals surface area (Å²) in [5, 5.41) is 10.2. The molecule has 0 aromatic rings. The predicted molar refractivity (Wildman–Crippen MR) is 79.3 cm³/mol. The highest BCUT2D eigenvalue weighted by Gasteiger charge is 2.41. The molecule has 0 bridgehead atoms. The molecule has 3 nitrogen and oxygen atoms in total. The molecule has 0 aromatic heterocycles. The third-order valence-electron chi connectivity index (χ3n) is 5.81. The Labute approximate surface area is 122 Å². The summed E-state index contributed by atoms with van der Waals surface area (Å²) in [6.07, 6.45) is 12.5. The molecule has 114 valence electrons. The summed E-state index contributed by atoms with van der Waals surface area (Å²) >= 11 is 0. The van der Waals surface area contributed by atoms with Gasteiger partial charge >= 0.3 is 0 Å². The van der Waals surface area contributed by atoms with Crippen LogP contribution in [0.2, 0.25) is 0 Å². The second-order valence-corrected chi connectivity index (χ2v) is 7.09. The topological polar surface area (TPSA) is 40.5 Å². The Morgan fingerprint density at radius 2 is 1.60 bits per heavy atom. The number of carbonyl (C=O) groups excluding carboxylic acids is 1. The van der Waals surface area contributed by atoms with E-state index in [0.29, 0.717) is 17.9 Å². The summed E-state index contributed by atoms with van der Waals surface area (Å²) in [5.41, 5.74) is 0. The number of carbonyl (C=O) groups is 1. The van der Waals surface area contributed by atoms with E-state index in [4.69, 9.17) is 0 Å². The Kier molecular flexibility index (Phi) is 4.65. The molecule has 3 rings (SSSR count).